The largest absolute Gasteiger partial charge is 0.811 e. The predicted molar refractivity (Wildman–Crippen MR) is 32.0 cm³/mol. The summed E-state index contributed by atoms with van der Waals surface area (Å²) in [4.78, 5) is 20.0. The van der Waals surface area contributed by atoms with Gasteiger partial charge in [-0.05, 0) is 12.6 Å². The van der Waals surface area contributed by atoms with Gasteiger partial charge in [-0.1, -0.05) is 27.4 Å². The minimum atomic E-state index is -4.20. The number of unbranched alkanes of at least 4 members (excludes halogenated alkanes) is 2. The molecule has 0 spiro atoms. The van der Waals surface area contributed by atoms with Crippen molar-refractivity contribution in [2.45, 2.75) is 26.2 Å². The van der Waals surface area contributed by atoms with Crippen molar-refractivity contribution in [3.05, 3.63) is 0 Å². The van der Waals surface area contributed by atoms with Crippen LogP contribution in [-0.2, 0) is 4.57 Å². The van der Waals surface area contributed by atoms with Gasteiger partial charge >= 0.3 is 0 Å². The maximum atomic E-state index is 9.98. The smallest absolute Gasteiger partial charge is 0.0250 e. The molecule has 0 rings (SSSR count). The van der Waals surface area contributed by atoms with Gasteiger partial charge in [0.05, 0.1) is 0 Å². The molecule has 0 aromatic heterocycles. The Morgan fingerprint density at radius 1 is 1.33 bits per heavy atom. The molecule has 0 aliphatic heterocycles. The third-order valence-corrected chi connectivity index (χ3v) is 1.90. The first-order valence-corrected chi connectivity index (χ1v) is 4.80. The van der Waals surface area contributed by atoms with Crippen LogP contribution >= 0.6 is 7.60 Å². The molecule has 56 valence electrons. The van der Waals surface area contributed by atoms with E-state index in [0.29, 0.717) is 6.42 Å². The number of hydrogen-bond donors (Lipinski definition) is 0. The van der Waals surface area contributed by atoms with Crippen LogP contribution in [0.4, 0.5) is 0 Å². The molecule has 0 amide bonds. The lowest BCUT2D eigenvalue weighted by Gasteiger charge is -2.29. The van der Waals surface area contributed by atoms with Crippen LogP contribution in [0, 0.1) is 0 Å². The average Bonchev–Trinajstić information content (AvgIpc) is 1.63. The highest BCUT2D eigenvalue weighted by Crippen LogP contribution is 2.24. The van der Waals surface area contributed by atoms with Crippen LogP contribution in [-0.4, -0.2) is 6.16 Å². The summed E-state index contributed by atoms with van der Waals surface area (Å²) in [5.41, 5.74) is 0. The van der Waals surface area contributed by atoms with Crippen molar-refractivity contribution in [3.8, 4) is 0 Å². The van der Waals surface area contributed by atoms with E-state index < -0.39 is 7.60 Å². The van der Waals surface area contributed by atoms with Crippen LogP contribution in [0.15, 0.2) is 0 Å². The molecule has 4 heteroatoms. The normalized spacial score (nSPS) is 11.9. The van der Waals surface area contributed by atoms with E-state index in [2.05, 4.69) is 0 Å². The van der Waals surface area contributed by atoms with Crippen molar-refractivity contribution >= 4 is 7.60 Å². The van der Waals surface area contributed by atoms with E-state index >= 15 is 0 Å². The fourth-order valence-electron chi connectivity index (χ4n) is 0.555. The molecule has 0 saturated heterocycles. The van der Waals surface area contributed by atoms with Gasteiger partial charge in [0.15, 0.2) is 0 Å². The van der Waals surface area contributed by atoms with E-state index in [4.69, 9.17) is 0 Å². The molecule has 0 saturated carbocycles. The highest BCUT2D eigenvalue weighted by atomic mass is 31.2. The minimum absolute atomic E-state index is 0.180. The van der Waals surface area contributed by atoms with Crippen molar-refractivity contribution in [2.24, 2.45) is 0 Å². The lowest BCUT2D eigenvalue weighted by Crippen LogP contribution is -2.16. The molecule has 0 heterocycles. The Hall–Kier alpha value is 0.150. The van der Waals surface area contributed by atoms with Crippen molar-refractivity contribution in [2.75, 3.05) is 6.16 Å². The van der Waals surface area contributed by atoms with Gasteiger partial charge in [-0.15, -0.1) is 0 Å². The van der Waals surface area contributed by atoms with Crippen LogP contribution in [0.25, 0.3) is 0 Å². The van der Waals surface area contributed by atoms with E-state index in [1.807, 2.05) is 6.92 Å². The Labute approximate surface area is 55.3 Å². The van der Waals surface area contributed by atoms with Crippen LogP contribution in [0.1, 0.15) is 26.2 Å². The Morgan fingerprint density at radius 2 is 1.89 bits per heavy atom. The molecule has 0 fully saturated rings. The molecule has 9 heavy (non-hydrogen) atoms. The SMILES string of the molecule is CCCCCP(=O)([O-])[O-]. The van der Waals surface area contributed by atoms with Gasteiger partial charge in [0, 0.05) is 0 Å². The van der Waals surface area contributed by atoms with Crippen LogP contribution in [0.2, 0.25) is 0 Å². The van der Waals surface area contributed by atoms with Crippen LogP contribution in [0.5, 0.6) is 0 Å². The highest BCUT2D eigenvalue weighted by Gasteiger charge is 1.89. The molecule has 0 aromatic carbocycles. The first kappa shape index (κ1) is 9.15. The van der Waals surface area contributed by atoms with Gasteiger partial charge in [-0.25, -0.2) is 0 Å². The zero-order valence-corrected chi connectivity index (χ0v) is 6.39. The Balaban J connectivity index is 3.18. The average molecular weight is 150 g/mol. The molecule has 0 N–H and O–H groups in total. The first-order valence-electron chi connectivity index (χ1n) is 3.07. The third kappa shape index (κ3) is 8.15. The monoisotopic (exact) mass is 150 g/mol. The Kier molecular flexibility index (Phi) is 4.11. The summed E-state index contributed by atoms with van der Waals surface area (Å²) in [5, 5.41) is 0. The van der Waals surface area contributed by atoms with Crippen molar-refractivity contribution in [1.82, 2.24) is 0 Å². The van der Waals surface area contributed by atoms with Gasteiger partial charge in [-0.2, -0.15) is 0 Å². The minimum Gasteiger partial charge on any atom is -0.811 e. The summed E-state index contributed by atoms with van der Waals surface area (Å²) in [6, 6.07) is 0. The first-order chi connectivity index (χ1) is 4.06. The fraction of sp³-hybridized carbons (Fsp3) is 1.00. The zero-order valence-electron chi connectivity index (χ0n) is 5.50. The lowest BCUT2D eigenvalue weighted by atomic mass is 10.3. The molecular formula is C5H11O3P-2. The molecule has 0 radical (unpaired) electrons. The summed E-state index contributed by atoms with van der Waals surface area (Å²) >= 11 is 0. The quantitative estimate of drug-likeness (QED) is 0.421. The van der Waals surface area contributed by atoms with Crippen LogP contribution < -0.4 is 9.79 Å². The molecule has 0 unspecified atom stereocenters. The maximum absolute atomic E-state index is 9.98. The third-order valence-electron chi connectivity index (χ3n) is 1.04. The molecule has 0 bridgehead atoms. The van der Waals surface area contributed by atoms with E-state index in [1.54, 1.807) is 0 Å². The topological polar surface area (TPSA) is 63.2 Å². The Bertz CT molecular complexity index is 107. The summed E-state index contributed by atoms with van der Waals surface area (Å²) < 4.78 is 9.98. The summed E-state index contributed by atoms with van der Waals surface area (Å²) in [6.45, 7) is 1.96. The van der Waals surface area contributed by atoms with Crippen molar-refractivity contribution in [3.63, 3.8) is 0 Å². The molecule has 3 nitrogen and oxygen atoms in total. The molecule has 0 aliphatic carbocycles. The van der Waals surface area contributed by atoms with Gasteiger partial charge in [0.1, 0.15) is 0 Å². The second-order valence-electron chi connectivity index (χ2n) is 2.04. The summed E-state index contributed by atoms with van der Waals surface area (Å²) in [6.07, 6.45) is 2.11. The van der Waals surface area contributed by atoms with Gasteiger partial charge in [0.25, 0.3) is 0 Å². The standard InChI is InChI=1S/C5H13O3P/c1-2-3-4-5-9(6,7)8/h2-5H2,1H3,(H2,6,7,8)/p-2. The van der Waals surface area contributed by atoms with Crippen molar-refractivity contribution < 1.29 is 14.4 Å². The predicted octanol–water partition coefficient (Wildman–Crippen LogP) is 0.0903. The molecule has 0 aliphatic rings. The van der Waals surface area contributed by atoms with E-state index in [1.165, 1.54) is 0 Å². The highest BCUT2D eigenvalue weighted by molar-refractivity contribution is 7.48. The van der Waals surface area contributed by atoms with Crippen molar-refractivity contribution in [1.29, 1.82) is 0 Å². The Morgan fingerprint density at radius 3 is 2.22 bits per heavy atom. The van der Waals surface area contributed by atoms with E-state index in [0.717, 1.165) is 12.8 Å². The summed E-state index contributed by atoms with van der Waals surface area (Å²) in [5.74, 6) is 0. The lowest BCUT2D eigenvalue weighted by molar-refractivity contribution is -0.313. The number of hydrogen-bond acceptors (Lipinski definition) is 3. The fourth-order valence-corrected chi connectivity index (χ4v) is 1.17. The van der Waals surface area contributed by atoms with Crippen LogP contribution in [0.3, 0.4) is 0 Å². The molecule has 0 atom stereocenters. The zero-order chi connectivity index (χ0) is 7.33. The van der Waals surface area contributed by atoms with Gasteiger partial charge in [0.2, 0.25) is 0 Å². The van der Waals surface area contributed by atoms with E-state index in [9.17, 15) is 14.4 Å². The molecule has 0 aromatic rings. The van der Waals surface area contributed by atoms with Gasteiger partial charge in [-0.3, -0.25) is 0 Å². The second-order valence-corrected chi connectivity index (χ2v) is 3.71. The maximum Gasteiger partial charge on any atom is -0.0250 e. The number of rotatable bonds is 4. The van der Waals surface area contributed by atoms with E-state index in [-0.39, 0.29) is 6.16 Å². The summed E-state index contributed by atoms with van der Waals surface area (Å²) in [7, 11) is -4.20. The second kappa shape index (κ2) is 4.04. The van der Waals surface area contributed by atoms with Gasteiger partial charge < -0.3 is 14.4 Å². The molecular weight excluding hydrogens is 139 g/mol.